The second kappa shape index (κ2) is 8.42. The molecule has 0 radical (unpaired) electrons. The first-order chi connectivity index (χ1) is 15.7. The highest BCUT2D eigenvalue weighted by Crippen LogP contribution is 2.37. The van der Waals surface area contributed by atoms with E-state index in [0.717, 1.165) is 48.4 Å². The van der Waals surface area contributed by atoms with Gasteiger partial charge in [0.05, 0.1) is 28.6 Å². The van der Waals surface area contributed by atoms with E-state index in [9.17, 15) is 4.79 Å². The van der Waals surface area contributed by atoms with E-state index in [1.807, 2.05) is 74.8 Å². The number of hydrogen-bond donors (Lipinski definition) is 1. The highest BCUT2D eigenvalue weighted by atomic mass is 16.7. The summed E-state index contributed by atoms with van der Waals surface area (Å²) >= 11 is 0. The summed E-state index contributed by atoms with van der Waals surface area (Å²) in [5.74, 6) is 1.88. The molecule has 2 atom stereocenters. The Labute approximate surface area is 195 Å². The van der Waals surface area contributed by atoms with Crippen LogP contribution in [0.2, 0.25) is 0 Å². The van der Waals surface area contributed by atoms with Gasteiger partial charge in [0.1, 0.15) is 0 Å². The first-order valence-electron chi connectivity index (χ1n) is 11.9. The molecule has 3 aliphatic rings. The Bertz CT molecular complexity index is 1060. The highest BCUT2D eigenvalue weighted by Gasteiger charge is 2.50. The highest BCUT2D eigenvalue weighted by molar-refractivity contribution is 6.52. The quantitative estimate of drug-likeness (QED) is 0.707. The number of carbonyl (C=O) groups is 1. The average Bonchev–Trinajstić information content (AvgIpc) is 3.30. The summed E-state index contributed by atoms with van der Waals surface area (Å²) in [4.78, 5) is 12.7. The van der Waals surface area contributed by atoms with Gasteiger partial charge in [-0.15, -0.1) is 0 Å². The van der Waals surface area contributed by atoms with Gasteiger partial charge >= 0.3 is 7.12 Å². The number of hydrogen-bond acceptors (Lipinski definition) is 5. The lowest BCUT2D eigenvalue weighted by molar-refractivity contribution is -0.0401. The molecule has 1 aromatic carbocycles. The molecule has 8 heteroatoms. The third-order valence-electron chi connectivity index (χ3n) is 7.26. The van der Waals surface area contributed by atoms with E-state index in [0.29, 0.717) is 6.42 Å². The van der Waals surface area contributed by atoms with Gasteiger partial charge in [0.25, 0.3) is 5.91 Å². The van der Waals surface area contributed by atoms with E-state index in [1.165, 1.54) is 0 Å². The summed E-state index contributed by atoms with van der Waals surface area (Å²) < 4.78 is 20.2. The number of nitrogens with one attached hydrogen (secondary N) is 1. The molecule has 1 amide bonds. The molecule has 7 nitrogen and oxygen atoms in total. The van der Waals surface area contributed by atoms with Crippen molar-refractivity contribution in [3.05, 3.63) is 58.8 Å². The van der Waals surface area contributed by atoms with Crippen LogP contribution in [0.3, 0.4) is 0 Å². The van der Waals surface area contributed by atoms with E-state index >= 15 is 0 Å². The number of amides is 1. The molecule has 5 rings (SSSR count). The Balaban J connectivity index is 1.43. The first-order valence-corrected chi connectivity index (χ1v) is 11.9. The summed E-state index contributed by atoms with van der Waals surface area (Å²) in [6.45, 7) is 8.91. The lowest BCUT2D eigenvalue weighted by Crippen LogP contribution is -2.41. The van der Waals surface area contributed by atoms with Crippen molar-refractivity contribution in [2.75, 3.05) is 6.61 Å². The standard InChI is InChI=1S/C25H32BN3O4/c1-24(2)25(3,4)33-26(32-24)13-12-18-16-21(28-29(18)22-11-7-8-14-31-22)20-15-17-9-5-6-10-19(17)23(30)27-20/h5-6,9-10,12-13,16,20,22H,7-8,11,14-15H2,1-4H3,(H,27,30)/b13-12+. The van der Waals surface area contributed by atoms with E-state index in [-0.39, 0.29) is 29.4 Å². The van der Waals surface area contributed by atoms with Crippen molar-refractivity contribution in [1.82, 2.24) is 15.1 Å². The molecule has 2 unspecified atom stereocenters. The Morgan fingerprint density at radius 3 is 2.64 bits per heavy atom. The van der Waals surface area contributed by atoms with Crippen molar-refractivity contribution in [3.8, 4) is 0 Å². The van der Waals surface area contributed by atoms with Crippen LogP contribution in [0.25, 0.3) is 6.08 Å². The molecule has 4 heterocycles. The van der Waals surface area contributed by atoms with Crippen LogP contribution < -0.4 is 5.32 Å². The fraction of sp³-hybridized carbons (Fsp3) is 0.520. The van der Waals surface area contributed by atoms with Crippen LogP contribution in [-0.4, -0.2) is 40.6 Å². The van der Waals surface area contributed by atoms with Crippen LogP contribution in [0.5, 0.6) is 0 Å². The third-order valence-corrected chi connectivity index (χ3v) is 7.26. The Morgan fingerprint density at radius 2 is 1.91 bits per heavy atom. The zero-order valence-electron chi connectivity index (χ0n) is 19.8. The second-order valence-corrected chi connectivity index (χ2v) is 10.1. The van der Waals surface area contributed by atoms with Gasteiger partial charge in [-0.2, -0.15) is 5.10 Å². The van der Waals surface area contributed by atoms with Gasteiger partial charge in [-0.05, 0) is 77.2 Å². The molecule has 2 saturated heterocycles. The van der Waals surface area contributed by atoms with Crippen LogP contribution in [-0.2, 0) is 20.5 Å². The topological polar surface area (TPSA) is 74.6 Å². The van der Waals surface area contributed by atoms with Crippen LogP contribution in [0.1, 0.15) is 86.5 Å². The van der Waals surface area contributed by atoms with Gasteiger partial charge in [0.2, 0.25) is 0 Å². The minimum absolute atomic E-state index is 0.0559. The molecule has 33 heavy (non-hydrogen) atoms. The van der Waals surface area contributed by atoms with Crippen molar-refractivity contribution >= 4 is 19.1 Å². The van der Waals surface area contributed by atoms with Crippen LogP contribution >= 0.6 is 0 Å². The molecule has 1 N–H and O–H groups in total. The van der Waals surface area contributed by atoms with Crippen molar-refractivity contribution in [1.29, 1.82) is 0 Å². The Kier molecular flexibility index (Phi) is 5.71. The minimum Gasteiger partial charge on any atom is -0.400 e. The number of benzene rings is 1. The number of rotatable bonds is 4. The van der Waals surface area contributed by atoms with Gasteiger partial charge < -0.3 is 19.4 Å². The maximum atomic E-state index is 12.7. The molecular weight excluding hydrogens is 417 g/mol. The van der Waals surface area contributed by atoms with E-state index in [2.05, 4.69) is 5.32 Å². The SMILES string of the molecule is CC1(C)OB(/C=C/c2cc(C3Cc4ccccc4C(=O)N3)nn2C2CCCCO2)OC1(C)C. The van der Waals surface area contributed by atoms with Crippen LogP contribution in [0.15, 0.2) is 36.3 Å². The van der Waals surface area contributed by atoms with Crippen molar-refractivity contribution in [2.24, 2.45) is 0 Å². The lowest BCUT2D eigenvalue weighted by Gasteiger charge is -2.32. The van der Waals surface area contributed by atoms with Crippen molar-refractivity contribution < 1.29 is 18.8 Å². The predicted molar refractivity (Wildman–Crippen MR) is 127 cm³/mol. The molecule has 2 fully saturated rings. The van der Waals surface area contributed by atoms with Gasteiger partial charge in [-0.3, -0.25) is 4.79 Å². The number of aromatic nitrogens is 2. The maximum absolute atomic E-state index is 12.7. The van der Waals surface area contributed by atoms with Gasteiger partial charge in [0, 0.05) is 12.2 Å². The summed E-state index contributed by atoms with van der Waals surface area (Å²) in [6.07, 6.45) is 5.68. The second-order valence-electron chi connectivity index (χ2n) is 10.1. The van der Waals surface area contributed by atoms with E-state index < -0.39 is 7.12 Å². The van der Waals surface area contributed by atoms with Crippen LogP contribution in [0.4, 0.5) is 0 Å². The fourth-order valence-electron chi connectivity index (χ4n) is 4.62. The average molecular weight is 449 g/mol. The van der Waals surface area contributed by atoms with Gasteiger partial charge in [-0.25, -0.2) is 4.68 Å². The molecule has 3 aliphatic heterocycles. The number of nitrogens with zero attached hydrogens (tertiary/aromatic N) is 2. The molecular formula is C25H32BN3O4. The Hall–Kier alpha value is -2.42. The smallest absolute Gasteiger partial charge is 0.400 e. The molecule has 1 aromatic heterocycles. The van der Waals surface area contributed by atoms with E-state index in [1.54, 1.807) is 0 Å². The van der Waals surface area contributed by atoms with E-state index in [4.69, 9.17) is 19.1 Å². The van der Waals surface area contributed by atoms with Gasteiger partial charge in [0.15, 0.2) is 6.23 Å². The predicted octanol–water partition coefficient (Wildman–Crippen LogP) is 4.25. The molecule has 2 aromatic rings. The van der Waals surface area contributed by atoms with Crippen molar-refractivity contribution in [2.45, 2.75) is 76.9 Å². The van der Waals surface area contributed by atoms with Gasteiger partial charge in [-0.1, -0.05) is 24.2 Å². The molecule has 0 saturated carbocycles. The third kappa shape index (κ3) is 4.27. The molecule has 0 bridgehead atoms. The summed E-state index contributed by atoms with van der Waals surface area (Å²) in [6, 6.07) is 9.61. The molecule has 174 valence electrons. The number of ether oxygens (including phenoxy) is 1. The summed E-state index contributed by atoms with van der Waals surface area (Å²) in [5, 5.41) is 8.03. The Morgan fingerprint density at radius 1 is 1.15 bits per heavy atom. The normalized spacial score (nSPS) is 26.4. The van der Waals surface area contributed by atoms with Crippen molar-refractivity contribution in [3.63, 3.8) is 0 Å². The summed E-state index contributed by atoms with van der Waals surface area (Å²) in [7, 11) is -0.435. The maximum Gasteiger partial charge on any atom is 0.487 e. The zero-order chi connectivity index (χ0) is 23.2. The summed E-state index contributed by atoms with van der Waals surface area (Å²) in [5.41, 5.74) is 2.76. The number of fused-ring (bicyclic) bond motifs is 1. The lowest BCUT2D eigenvalue weighted by atomic mass is 9.89. The fourth-order valence-corrected chi connectivity index (χ4v) is 4.62. The van der Waals surface area contributed by atoms with Crippen LogP contribution in [0, 0.1) is 0 Å². The molecule has 0 spiro atoms. The number of carbonyl (C=O) groups excluding carboxylic acids is 1. The largest absolute Gasteiger partial charge is 0.487 e. The first kappa shape index (κ1) is 22.4. The molecule has 0 aliphatic carbocycles. The minimum atomic E-state index is -0.435. The zero-order valence-corrected chi connectivity index (χ0v) is 19.8. The monoisotopic (exact) mass is 449 g/mol.